The molecule has 26 heavy (non-hydrogen) atoms. The summed E-state index contributed by atoms with van der Waals surface area (Å²) >= 11 is 0. The van der Waals surface area contributed by atoms with E-state index in [0.717, 1.165) is 23.7 Å². The molecule has 134 valence electrons. The number of ketones is 1. The second kappa shape index (κ2) is 6.72. The lowest BCUT2D eigenvalue weighted by atomic mass is 10.1. The molecular weight excluding hydrogens is 334 g/mol. The predicted molar refractivity (Wildman–Crippen MR) is 94.9 cm³/mol. The van der Waals surface area contributed by atoms with Gasteiger partial charge in [0.1, 0.15) is 12.6 Å². The van der Waals surface area contributed by atoms with Crippen molar-refractivity contribution in [3.05, 3.63) is 41.9 Å². The van der Waals surface area contributed by atoms with E-state index in [9.17, 15) is 9.59 Å². The van der Waals surface area contributed by atoms with Crippen molar-refractivity contribution in [2.75, 3.05) is 11.9 Å². The highest BCUT2D eigenvalue weighted by molar-refractivity contribution is 6.07. The number of carbonyl (C=O) groups is 2. The molecule has 1 aliphatic heterocycles. The van der Waals surface area contributed by atoms with Gasteiger partial charge in [-0.25, -0.2) is 0 Å². The van der Waals surface area contributed by atoms with Crippen LogP contribution in [0.25, 0.3) is 10.9 Å². The Kier molecular flexibility index (Phi) is 4.26. The Hall–Kier alpha value is -3.00. The lowest BCUT2D eigenvalue weighted by Crippen LogP contribution is -2.19. The first-order chi connectivity index (χ1) is 12.6. The lowest BCUT2D eigenvalue weighted by molar-refractivity contribution is -0.116. The summed E-state index contributed by atoms with van der Waals surface area (Å²) in [5.41, 5.74) is 1.44. The number of nitrogens with zero attached hydrogens (tertiary/aromatic N) is 3. The smallest absolute Gasteiger partial charge is 0.248 e. The second-order valence-electron chi connectivity index (χ2n) is 6.34. The van der Waals surface area contributed by atoms with Crippen molar-refractivity contribution in [1.82, 2.24) is 19.7 Å². The highest BCUT2D eigenvalue weighted by atomic mass is 16.5. The zero-order chi connectivity index (χ0) is 18.1. The Labute approximate surface area is 149 Å². The van der Waals surface area contributed by atoms with Gasteiger partial charge in [0.05, 0.1) is 0 Å². The Morgan fingerprint density at radius 1 is 1.38 bits per heavy atom. The van der Waals surface area contributed by atoms with Crippen LogP contribution >= 0.6 is 0 Å². The summed E-state index contributed by atoms with van der Waals surface area (Å²) in [5, 5.41) is 10.4. The second-order valence-corrected chi connectivity index (χ2v) is 6.34. The third kappa shape index (κ3) is 3.11. The van der Waals surface area contributed by atoms with Crippen LogP contribution in [0.2, 0.25) is 0 Å². The van der Waals surface area contributed by atoms with Gasteiger partial charge >= 0.3 is 0 Å². The summed E-state index contributed by atoms with van der Waals surface area (Å²) in [6.07, 6.45) is 3.51. The van der Waals surface area contributed by atoms with E-state index in [-0.39, 0.29) is 30.3 Å². The van der Waals surface area contributed by atoms with Gasteiger partial charge in [0.2, 0.25) is 11.9 Å². The average molecular weight is 353 g/mol. The van der Waals surface area contributed by atoms with Gasteiger partial charge in [-0.05, 0) is 25.8 Å². The van der Waals surface area contributed by atoms with Crippen molar-refractivity contribution in [3.8, 4) is 0 Å². The van der Waals surface area contributed by atoms with Gasteiger partial charge in [0.25, 0.3) is 0 Å². The Balaban J connectivity index is 1.50. The zero-order valence-corrected chi connectivity index (χ0v) is 14.4. The Morgan fingerprint density at radius 3 is 3.00 bits per heavy atom. The largest absolute Gasteiger partial charge is 0.370 e. The summed E-state index contributed by atoms with van der Waals surface area (Å²) in [5.74, 6) is 0.557. The number of nitrogens with one attached hydrogen (secondary N) is 2. The van der Waals surface area contributed by atoms with E-state index in [1.54, 1.807) is 10.8 Å². The number of aromatic amines is 1. The van der Waals surface area contributed by atoms with E-state index < -0.39 is 0 Å². The molecule has 8 heteroatoms. The number of ether oxygens (including phenoxy) is 1. The van der Waals surface area contributed by atoms with Crippen molar-refractivity contribution in [3.63, 3.8) is 0 Å². The molecule has 0 saturated carbocycles. The summed E-state index contributed by atoms with van der Waals surface area (Å²) in [4.78, 5) is 28.5. The van der Waals surface area contributed by atoms with Crippen molar-refractivity contribution >= 4 is 28.5 Å². The molecule has 8 nitrogen and oxygen atoms in total. The number of Topliss-reactive ketones (excluding diaryl/α,β-unsaturated/α-hetero) is 1. The van der Waals surface area contributed by atoms with Gasteiger partial charge in [0.15, 0.2) is 11.6 Å². The van der Waals surface area contributed by atoms with E-state index in [4.69, 9.17) is 4.74 Å². The minimum atomic E-state index is -0.265. The maximum absolute atomic E-state index is 12.4. The van der Waals surface area contributed by atoms with E-state index >= 15 is 0 Å². The van der Waals surface area contributed by atoms with Gasteiger partial charge in [-0.1, -0.05) is 18.2 Å². The first-order valence-corrected chi connectivity index (χ1v) is 8.54. The number of aromatic nitrogens is 4. The number of amides is 1. The van der Waals surface area contributed by atoms with Crippen LogP contribution in [0, 0.1) is 0 Å². The van der Waals surface area contributed by atoms with Gasteiger partial charge in [0, 0.05) is 29.3 Å². The number of para-hydroxylation sites is 1. The van der Waals surface area contributed by atoms with Crippen LogP contribution in [-0.2, 0) is 16.1 Å². The van der Waals surface area contributed by atoms with Crippen LogP contribution in [0.4, 0.5) is 5.95 Å². The molecule has 0 unspecified atom stereocenters. The molecule has 1 atom stereocenters. The molecule has 0 radical (unpaired) electrons. The van der Waals surface area contributed by atoms with Crippen LogP contribution in [0.1, 0.15) is 42.1 Å². The van der Waals surface area contributed by atoms with E-state index in [2.05, 4.69) is 20.5 Å². The molecule has 1 saturated heterocycles. The molecule has 0 bridgehead atoms. The number of fused-ring (bicyclic) bond motifs is 1. The maximum atomic E-state index is 12.4. The Morgan fingerprint density at radius 2 is 2.23 bits per heavy atom. The molecule has 1 amide bonds. The predicted octanol–water partition coefficient (Wildman–Crippen LogP) is 2.45. The monoisotopic (exact) mass is 353 g/mol. The van der Waals surface area contributed by atoms with Crippen molar-refractivity contribution in [2.45, 2.75) is 32.4 Å². The first-order valence-electron chi connectivity index (χ1n) is 8.54. The number of hydrogen-bond acceptors (Lipinski definition) is 5. The molecule has 0 spiro atoms. The maximum Gasteiger partial charge on any atom is 0.248 e. The van der Waals surface area contributed by atoms with Crippen molar-refractivity contribution in [2.24, 2.45) is 0 Å². The van der Waals surface area contributed by atoms with Gasteiger partial charge < -0.3 is 9.30 Å². The van der Waals surface area contributed by atoms with E-state index in [1.807, 2.05) is 24.3 Å². The molecule has 1 fully saturated rings. The van der Waals surface area contributed by atoms with Gasteiger partial charge in [-0.15, -0.1) is 5.10 Å². The van der Waals surface area contributed by atoms with Crippen LogP contribution < -0.4 is 5.32 Å². The molecule has 2 N–H and O–H groups in total. The first kappa shape index (κ1) is 16.5. The quantitative estimate of drug-likeness (QED) is 0.686. The summed E-state index contributed by atoms with van der Waals surface area (Å²) in [7, 11) is 0. The summed E-state index contributed by atoms with van der Waals surface area (Å²) in [6.45, 7) is 2.30. The van der Waals surface area contributed by atoms with E-state index in [1.165, 1.54) is 6.92 Å². The number of benzene rings is 1. The number of hydrogen-bond donors (Lipinski definition) is 2. The summed E-state index contributed by atoms with van der Waals surface area (Å²) < 4.78 is 7.30. The topological polar surface area (TPSA) is 102 Å². The molecular formula is C18H19N5O3. The molecule has 1 aromatic carbocycles. The van der Waals surface area contributed by atoms with Crippen LogP contribution in [0.5, 0.6) is 0 Å². The van der Waals surface area contributed by atoms with Gasteiger partial charge in [-0.2, -0.15) is 4.98 Å². The fourth-order valence-electron chi connectivity index (χ4n) is 3.24. The molecule has 1 aliphatic rings. The standard InChI is InChI=1S/C18H19N5O3/c1-11(24)13-9-23(14-6-3-2-5-12(13)14)10-16(25)19-18-20-17(21-22-18)15-7-4-8-26-15/h2-3,5-6,9,15H,4,7-8,10H2,1H3,(H2,19,20,21,22,25)/t15-/m1/s1. The lowest BCUT2D eigenvalue weighted by Gasteiger charge is -2.05. The molecule has 0 aliphatic carbocycles. The Bertz CT molecular complexity index is 968. The van der Waals surface area contributed by atoms with Crippen molar-refractivity contribution < 1.29 is 14.3 Å². The molecule has 3 aromatic rings. The van der Waals surface area contributed by atoms with E-state index in [0.29, 0.717) is 18.0 Å². The molecule has 4 rings (SSSR count). The fraction of sp³-hybridized carbons (Fsp3) is 0.333. The number of anilines is 1. The minimum absolute atomic E-state index is 0.0319. The SMILES string of the molecule is CC(=O)c1cn(CC(=O)Nc2n[nH]c([C@H]3CCCO3)n2)c2ccccc12. The van der Waals surface area contributed by atoms with Crippen LogP contribution in [-0.4, -0.2) is 38.0 Å². The fourth-order valence-corrected chi connectivity index (χ4v) is 3.24. The average Bonchev–Trinajstić information content (AvgIpc) is 3.34. The summed E-state index contributed by atoms with van der Waals surface area (Å²) in [6, 6.07) is 7.52. The molecule has 3 heterocycles. The number of carbonyl (C=O) groups excluding carboxylic acids is 2. The molecule has 2 aromatic heterocycles. The highest BCUT2D eigenvalue weighted by Crippen LogP contribution is 2.26. The third-order valence-corrected chi connectivity index (χ3v) is 4.47. The third-order valence-electron chi connectivity index (χ3n) is 4.47. The van der Waals surface area contributed by atoms with Gasteiger partial charge in [-0.3, -0.25) is 20.0 Å². The van der Waals surface area contributed by atoms with Crippen LogP contribution in [0.3, 0.4) is 0 Å². The number of H-pyrrole nitrogens is 1. The zero-order valence-electron chi connectivity index (χ0n) is 14.4. The van der Waals surface area contributed by atoms with Crippen molar-refractivity contribution in [1.29, 1.82) is 0 Å². The van der Waals surface area contributed by atoms with Crippen LogP contribution in [0.15, 0.2) is 30.5 Å². The minimum Gasteiger partial charge on any atom is -0.370 e. The highest BCUT2D eigenvalue weighted by Gasteiger charge is 2.22. The normalized spacial score (nSPS) is 16.9. The number of rotatable bonds is 5.